The van der Waals surface area contributed by atoms with Crippen molar-refractivity contribution < 1.29 is 18.9 Å². The summed E-state index contributed by atoms with van der Waals surface area (Å²) in [6, 6.07) is 11.9. The maximum atomic E-state index is 12.1. The Bertz CT molecular complexity index is 844. The van der Waals surface area contributed by atoms with Crippen molar-refractivity contribution in [3.63, 3.8) is 0 Å². The van der Waals surface area contributed by atoms with Crippen LogP contribution in [0.25, 0.3) is 11.5 Å². The molecule has 114 valence electrons. The molecule has 0 aliphatic heterocycles. The Morgan fingerprint density at radius 1 is 1.13 bits per heavy atom. The van der Waals surface area contributed by atoms with Crippen LogP contribution in [0, 0.1) is 10.1 Å². The van der Waals surface area contributed by atoms with Gasteiger partial charge in [0.15, 0.2) is 0 Å². The first-order valence-corrected chi connectivity index (χ1v) is 6.47. The van der Waals surface area contributed by atoms with E-state index in [1.54, 1.807) is 12.1 Å². The van der Waals surface area contributed by atoms with Gasteiger partial charge >= 0.3 is 5.97 Å². The Labute approximate surface area is 129 Å². The van der Waals surface area contributed by atoms with Crippen LogP contribution in [0.3, 0.4) is 0 Å². The van der Waals surface area contributed by atoms with Gasteiger partial charge in [0.1, 0.15) is 11.3 Å². The number of nitrogens with zero attached hydrogens (tertiary/aromatic N) is 3. The molecule has 0 aliphatic rings. The van der Waals surface area contributed by atoms with Crippen LogP contribution in [0.15, 0.2) is 59.3 Å². The van der Waals surface area contributed by atoms with Crippen LogP contribution in [-0.2, 0) is 0 Å². The average molecular weight is 311 g/mol. The molecule has 0 atom stereocenters. The van der Waals surface area contributed by atoms with E-state index < -0.39 is 10.9 Å². The summed E-state index contributed by atoms with van der Waals surface area (Å²) in [4.78, 5) is 22.4. The smallest absolute Gasteiger partial charge is 0.350 e. The van der Waals surface area contributed by atoms with E-state index in [0.717, 1.165) is 0 Å². The summed E-state index contributed by atoms with van der Waals surface area (Å²) in [6.07, 6.45) is 1.21. The van der Waals surface area contributed by atoms with E-state index in [-0.39, 0.29) is 17.0 Å². The summed E-state index contributed by atoms with van der Waals surface area (Å²) in [7, 11) is 0. The third kappa shape index (κ3) is 3.05. The van der Waals surface area contributed by atoms with Gasteiger partial charge in [-0.25, -0.2) is 4.79 Å². The fourth-order valence-electron chi connectivity index (χ4n) is 1.93. The Morgan fingerprint density at radius 3 is 2.52 bits per heavy atom. The molecule has 8 heteroatoms. The van der Waals surface area contributed by atoms with Crippen LogP contribution in [0.4, 0.5) is 5.69 Å². The summed E-state index contributed by atoms with van der Waals surface area (Å²) in [6.45, 7) is 0. The summed E-state index contributed by atoms with van der Waals surface area (Å²) in [5, 5.41) is 18.3. The number of carbonyl (C=O) groups is 1. The van der Waals surface area contributed by atoms with Crippen LogP contribution in [-0.4, -0.2) is 21.1 Å². The van der Waals surface area contributed by atoms with E-state index in [2.05, 4.69) is 10.2 Å². The Hall–Kier alpha value is -3.55. The van der Waals surface area contributed by atoms with E-state index >= 15 is 0 Å². The highest BCUT2D eigenvalue weighted by Crippen LogP contribution is 2.23. The molecule has 0 amide bonds. The number of rotatable bonds is 4. The molecule has 8 nitrogen and oxygen atoms in total. The molecule has 0 spiro atoms. The van der Waals surface area contributed by atoms with Crippen molar-refractivity contribution in [1.82, 2.24) is 10.2 Å². The summed E-state index contributed by atoms with van der Waals surface area (Å²) >= 11 is 0. The molecule has 0 fully saturated rings. The fourth-order valence-corrected chi connectivity index (χ4v) is 1.93. The number of carbonyl (C=O) groups excluding carboxylic acids is 1. The highest BCUT2D eigenvalue weighted by Gasteiger charge is 2.21. The number of hydrogen-bond acceptors (Lipinski definition) is 7. The van der Waals surface area contributed by atoms with Crippen molar-refractivity contribution in [2.45, 2.75) is 0 Å². The number of hydrogen-bond donors (Lipinski definition) is 0. The summed E-state index contributed by atoms with van der Waals surface area (Å²) < 4.78 is 10.2. The fraction of sp³-hybridized carbons (Fsp3) is 0. The van der Waals surface area contributed by atoms with Gasteiger partial charge in [-0.1, -0.05) is 12.1 Å². The number of nitro benzene ring substituents is 1. The Kier molecular flexibility index (Phi) is 3.79. The molecule has 1 aromatic heterocycles. The molecule has 0 bridgehead atoms. The SMILES string of the molecule is O=C(Oc1ccc(-c2nnco2)cc1)c1ccccc1[N+](=O)[O-]. The lowest BCUT2D eigenvalue weighted by Crippen LogP contribution is -2.10. The largest absolute Gasteiger partial charge is 0.423 e. The molecule has 0 saturated carbocycles. The molecule has 0 aliphatic carbocycles. The van der Waals surface area contributed by atoms with Crippen LogP contribution in [0.1, 0.15) is 10.4 Å². The second-order valence-corrected chi connectivity index (χ2v) is 4.43. The first kappa shape index (κ1) is 14.4. The second kappa shape index (κ2) is 6.06. The molecule has 0 radical (unpaired) electrons. The van der Waals surface area contributed by atoms with E-state index in [1.165, 1.54) is 42.8 Å². The van der Waals surface area contributed by atoms with E-state index in [9.17, 15) is 14.9 Å². The summed E-state index contributed by atoms with van der Waals surface area (Å²) in [5.41, 5.74) is 0.242. The topological polar surface area (TPSA) is 108 Å². The molecular formula is C15H9N3O5. The lowest BCUT2D eigenvalue weighted by molar-refractivity contribution is -0.385. The number of benzene rings is 2. The molecule has 2 aromatic carbocycles. The van der Waals surface area contributed by atoms with Gasteiger partial charge in [-0.3, -0.25) is 10.1 Å². The molecule has 0 unspecified atom stereocenters. The zero-order chi connectivity index (χ0) is 16.2. The number of aromatic nitrogens is 2. The van der Waals surface area contributed by atoms with Gasteiger partial charge in [-0.05, 0) is 30.3 Å². The van der Waals surface area contributed by atoms with Gasteiger partial charge in [-0.15, -0.1) is 10.2 Å². The maximum absolute atomic E-state index is 12.1. The molecule has 3 rings (SSSR count). The minimum atomic E-state index is -0.803. The second-order valence-electron chi connectivity index (χ2n) is 4.43. The zero-order valence-electron chi connectivity index (χ0n) is 11.6. The zero-order valence-corrected chi connectivity index (χ0v) is 11.6. The van der Waals surface area contributed by atoms with Crippen molar-refractivity contribution in [1.29, 1.82) is 0 Å². The lowest BCUT2D eigenvalue weighted by Gasteiger charge is -2.05. The molecule has 1 heterocycles. The van der Waals surface area contributed by atoms with Gasteiger partial charge in [-0.2, -0.15) is 0 Å². The third-order valence-electron chi connectivity index (χ3n) is 2.99. The molecule has 3 aromatic rings. The van der Waals surface area contributed by atoms with Crippen molar-refractivity contribution in [2.75, 3.05) is 0 Å². The van der Waals surface area contributed by atoms with Crippen LogP contribution in [0.5, 0.6) is 5.75 Å². The molecule has 0 saturated heterocycles. The Balaban J connectivity index is 1.80. The Morgan fingerprint density at radius 2 is 1.87 bits per heavy atom. The van der Waals surface area contributed by atoms with Crippen molar-refractivity contribution in [3.05, 3.63) is 70.6 Å². The maximum Gasteiger partial charge on any atom is 0.350 e. The first-order chi connectivity index (χ1) is 11.1. The van der Waals surface area contributed by atoms with E-state index in [1.807, 2.05) is 0 Å². The lowest BCUT2D eigenvalue weighted by atomic mass is 10.2. The monoisotopic (exact) mass is 311 g/mol. The first-order valence-electron chi connectivity index (χ1n) is 6.47. The van der Waals surface area contributed by atoms with Gasteiger partial charge in [0.25, 0.3) is 5.69 Å². The van der Waals surface area contributed by atoms with Gasteiger partial charge in [0, 0.05) is 11.6 Å². The van der Waals surface area contributed by atoms with E-state index in [4.69, 9.17) is 9.15 Å². The highest BCUT2D eigenvalue weighted by molar-refractivity contribution is 5.95. The van der Waals surface area contributed by atoms with Crippen LogP contribution >= 0.6 is 0 Å². The van der Waals surface area contributed by atoms with Crippen molar-refractivity contribution in [2.24, 2.45) is 0 Å². The third-order valence-corrected chi connectivity index (χ3v) is 2.99. The van der Waals surface area contributed by atoms with Gasteiger partial charge in [0.05, 0.1) is 4.92 Å². The van der Waals surface area contributed by atoms with E-state index in [0.29, 0.717) is 11.5 Å². The van der Waals surface area contributed by atoms with Crippen LogP contribution < -0.4 is 4.74 Å². The number of nitro groups is 1. The average Bonchev–Trinajstić information content (AvgIpc) is 3.10. The van der Waals surface area contributed by atoms with Crippen LogP contribution in [0.2, 0.25) is 0 Å². The van der Waals surface area contributed by atoms with Gasteiger partial charge < -0.3 is 9.15 Å². The molecule has 0 N–H and O–H groups in total. The predicted octanol–water partition coefficient (Wildman–Crippen LogP) is 2.86. The number of para-hydroxylation sites is 1. The quantitative estimate of drug-likeness (QED) is 0.315. The minimum Gasteiger partial charge on any atom is -0.423 e. The molecule has 23 heavy (non-hydrogen) atoms. The minimum absolute atomic E-state index is 0.113. The predicted molar refractivity (Wildman–Crippen MR) is 77.8 cm³/mol. The number of ether oxygens (including phenoxy) is 1. The highest BCUT2D eigenvalue weighted by atomic mass is 16.6. The van der Waals surface area contributed by atoms with Gasteiger partial charge in [0.2, 0.25) is 12.3 Å². The van der Waals surface area contributed by atoms with Crippen molar-refractivity contribution >= 4 is 11.7 Å². The summed E-state index contributed by atoms with van der Waals surface area (Å²) in [5.74, 6) is -0.221. The molecular weight excluding hydrogens is 302 g/mol. The number of esters is 1. The van der Waals surface area contributed by atoms with Crippen molar-refractivity contribution in [3.8, 4) is 17.2 Å². The normalized spacial score (nSPS) is 10.3. The standard InChI is InChI=1S/C15H9N3O5/c19-15(12-3-1-2-4-13(12)18(20)21)23-11-7-5-10(6-8-11)14-17-16-9-22-14/h1-9H.